The minimum atomic E-state index is -0.250. The minimum Gasteiger partial charge on any atom is -0.497 e. The van der Waals surface area contributed by atoms with Crippen LogP contribution in [-0.2, 0) is 6.42 Å². The molecule has 1 aromatic rings. The molecule has 0 heterocycles. The van der Waals surface area contributed by atoms with Crippen molar-refractivity contribution in [3.63, 3.8) is 0 Å². The van der Waals surface area contributed by atoms with Gasteiger partial charge in [-0.05, 0) is 24.6 Å². The van der Waals surface area contributed by atoms with Gasteiger partial charge in [-0.25, -0.2) is 4.39 Å². The van der Waals surface area contributed by atoms with Crippen LogP contribution in [0.4, 0.5) is 4.39 Å². The zero-order valence-electron chi connectivity index (χ0n) is 7.42. The molecule has 0 aliphatic rings. The van der Waals surface area contributed by atoms with Crippen LogP contribution in [0.2, 0.25) is 0 Å². The highest BCUT2D eigenvalue weighted by molar-refractivity contribution is 5.85. The quantitative estimate of drug-likeness (QED) is 0.816. The van der Waals surface area contributed by atoms with Gasteiger partial charge in [-0.2, -0.15) is 0 Å². The lowest BCUT2D eigenvalue weighted by molar-refractivity contribution is 0.410. The van der Waals surface area contributed by atoms with Crippen molar-refractivity contribution in [1.29, 1.82) is 0 Å². The molecule has 0 aromatic heterocycles. The summed E-state index contributed by atoms with van der Waals surface area (Å²) in [5, 5.41) is 0. The van der Waals surface area contributed by atoms with Gasteiger partial charge in [-0.3, -0.25) is 0 Å². The predicted molar refractivity (Wildman–Crippen MR) is 53.0 cm³/mol. The lowest BCUT2D eigenvalue weighted by atomic mass is 10.1. The molecule has 0 aliphatic heterocycles. The number of benzene rings is 1. The van der Waals surface area contributed by atoms with Gasteiger partial charge in [0.1, 0.15) is 11.6 Å². The first-order chi connectivity index (χ1) is 5.77. The zero-order chi connectivity index (χ0) is 8.97. The van der Waals surface area contributed by atoms with Crippen molar-refractivity contribution in [3.05, 3.63) is 29.6 Å². The van der Waals surface area contributed by atoms with Gasteiger partial charge in [-0.15, -0.1) is 12.4 Å². The summed E-state index contributed by atoms with van der Waals surface area (Å²) in [6.45, 7) is 0.462. The number of hydrogen-bond donors (Lipinski definition) is 1. The van der Waals surface area contributed by atoms with Gasteiger partial charge in [0, 0.05) is 6.07 Å². The number of nitrogens with two attached hydrogens (primary N) is 1. The predicted octanol–water partition coefficient (Wildman–Crippen LogP) is 1.76. The van der Waals surface area contributed by atoms with Crippen molar-refractivity contribution >= 4 is 12.4 Å². The van der Waals surface area contributed by atoms with Gasteiger partial charge in [0.15, 0.2) is 0 Å². The Balaban J connectivity index is 0.00000144. The van der Waals surface area contributed by atoms with Crippen LogP contribution >= 0.6 is 12.4 Å². The summed E-state index contributed by atoms with van der Waals surface area (Å²) in [6, 6.07) is 4.79. The first-order valence-corrected chi connectivity index (χ1v) is 3.80. The lowest BCUT2D eigenvalue weighted by Gasteiger charge is -2.03. The molecule has 0 bridgehead atoms. The van der Waals surface area contributed by atoms with Crippen molar-refractivity contribution in [1.82, 2.24) is 0 Å². The van der Waals surface area contributed by atoms with E-state index in [1.807, 2.05) is 0 Å². The molecule has 0 saturated heterocycles. The molecular weight excluding hydrogens is 193 g/mol. The normalized spacial score (nSPS) is 9.15. The van der Waals surface area contributed by atoms with Gasteiger partial charge in [-0.1, -0.05) is 6.07 Å². The average Bonchev–Trinajstić information content (AvgIpc) is 2.09. The minimum absolute atomic E-state index is 0. The lowest BCUT2D eigenvalue weighted by Crippen LogP contribution is -2.04. The van der Waals surface area contributed by atoms with E-state index in [0.29, 0.717) is 24.3 Å². The maximum absolute atomic E-state index is 13.1. The van der Waals surface area contributed by atoms with Crippen LogP contribution < -0.4 is 10.5 Å². The van der Waals surface area contributed by atoms with E-state index in [1.165, 1.54) is 13.2 Å². The van der Waals surface area contributed by atoms with Gasteiger partial charge >= 0.3 is 0 Å². The van der Waals surface area contributed by atoms with Gasteiger partial charge in [0.2, 0.25) is 0 Å². The van der Waals surface area contributed by atoms with Crippen LogP contribution in [0.3, 0.4) is 0 Å². The molecule has 13 heavy (non-hydrogen) atoms. The molecule has 2 nitrogen and oxygen atoms in total. The van der Waals surface area contributed by atoms with Crippen LogP contribution in [0.1, 0.15) is 5.56 Å². The Morgan fingerprint density at radius 3 is 2.62 bits per heavy atom. The summed E-state index contributed by atoms with van der Waals surface area (Å²) in [4.78, 5) is 0. The molecule has 0 aliphatic carbocycles. The molecule has 0 atom stereocenters. The zero-order valence-corrected chi connectivity index (χ0v) is 8.23. The molecule has 1 rings (SSSR count). The first-order valence-electron chi connectivity index (χ1n) is 3.80. The second-order valence-electron chi connectivity index (χ2n) is 2.50. The van der Waals surface area contributed by atoms with E-state index in [2.05, 4.69) is 0 Å². The highest BCUT2D eigenvalue weighted by atomic mass is 35.5. The number of halogens is 2. The first kappa shape index (κ1) is 12.2. The van der Waals surface area contributed by atoms with E-state index in [1.54, 1.807) is 12.1 Å². The monoisotopic (exact) mass is 205 g/mol. The highest BCUT2D eigenvalue weighted by Crippen LogP contribution is 2.15. The summed E-state index contributed by atoms with van der Waals surface area (Å²) in [5.74, 6) is 0.285. The molecular formula is C9H13ClFNO. The Labute approximate surface area is 83.3 Å². The van der Waals surface area contributed by atoms with Crippen LogP contribution in [0.25, 0.3) is 0 Å². The van der Waals surface area contributed by atoms with E-state index in [9.17, 15) is 4.39 Å². The summed E-state index contributed by atoms with van der Waals surface area (Å²) in [6.07, 6.45) is 0.565. The number of methoxy groups -OCH3 is 1. The Morgan fingerprint density at radius 1 is 1.46 bits per heavy atom. The summed E-state index contributed by atoms with van der Waals surface area (Å²) in [7, 11) is 1.51. The van der Waals surface area contributed by atoms with Gasteiger partial charge in [0.05, 0.1) is 7.11 Å². The third kappa shape index (κ3) is 3.20. The average molecular weight is 206 g/mol. The molecule has 0 radical (unpaired) electrons. The fraction of sp³-hybridized carbons (Fsp3) is 0.333. The van der Waals surface area contributed by atoms with Crippen molar-refractivity contribution in [2.24, 2.45) is 5.73 Å². The maximum Gasteiger partial charge on any atom is 0.130 e. The Hall–Kier alpha value is -0.800. The van der Waals surface area contributed by atoms with Crippen LogP contribution in [0, 0.1) is 5.82 Å². The summed E-state index contributed by atoms with van der Waals surface area (Å²) in [5.41, 5.74) is 5.94. The molecule has 0 spiro atoms. The second-order valence-corrected chi connectivity index (χ2v) is 2.50. The fourth-order valence-corrected chi connectivity index (χ4v) is 1.01. The summed E-state index contributed by atoms with van der Waals surface area (Å²) < 4.78 is 17.9. The number of hydrogen-bond acceptors (Lipinski definition) is 2. The van der Waals surface area contributed by atoms with E-state index >= 15 is 0 Å². The third-order valence-electron chi connectivity index (χ3n) is 1.67. The maximum atomic E-state index is 13.1. The van der Waals surface area contributed by atoms with Gasteiger partial charge < -0.3 is 10.5 Å². The molecule has 0 saturated carbocycles. The molecule has 0 unspecified atom stereocenters. The third-order valence-corrected chi connectivity index (χ3v) is 1.67. The topological polar surface area (TPSA) is 35.2 Å². The van der Waals surface area contributed by atoms with Crippen molar-refractivity contribution in [2.45, 2.75) is 6.42 Å². The Morgan fingerprint density at radius 2 is 2.15 bits per heavy atom. The molecule has 4 heteroatoms. The number of ether oxygens (including phenoxy) is 1. The Bertz CT molecular complexity index is 268. The SMILES string of the molecule is COc1ccc(CCN)c(F)c1.Cl. The second kappa shape index (κ2) is 5.78. The van der Waals surface area contributed by atoms with E-state index in [0.717, 1.165) is 0 Å². The molecule has 2 N–H and O–H groups in total. The largest absolute Gasteiger partial charge is 0.497 e. The molecule has 1 aromatic carbocycles. The van der Waals surface area contributed by atoms with Crippen molar-refractivity contribution in [3.8, 4) is 5.75 Å². The van der Waals surface area contributed by atoms with Crippen LogP contribution in [0.15, 0.2) is 18.2 Å². The highest BCUT2D eigenvalue weighted by Gasteiger charge is 2.01. The van der Waals surface area contributed by atoms with Gasteiger partial charge in [0.25, 0.3) is 0 Å². The molecule has 0 amide bonds. The smallest absolute Gasteiger partial charge is 0.130 e. The summed E-state index contributed by atoms with van der Waals surface area (Å²) >= 11 is 0. The fourth-order valence-electron chi connectivity index (χ4n) is 1.01. The van der Waals surface area contributed by atoms with E-state index in [4.69, 9.17) is 10.5 Å². The van der Waals surface area contributed by atoms with Crippen molar-refractivity contribution in [2.75, 3.05) is 13.7 Å². The Kier molecular flexibility index (Phi) is 5.42. The van der Waals surface area contributed by atoms with Crippen molar-refractivity contribution < 1.29 is 9.13 Å². The van der Waals surface area contributed by atoms with E-state index < -0.39 is 0 Å². The standard InChI is InChI=1S/C9H12FNO.ClH/c1-12-8-3-2-7(4-5-11)9(10)6-8;/h2-3,6H,4-5,11H2,1H3;1H. The van der Waals surface area contributed by atoms with E-state index in [-0.39, 0.29) is 18.2 Å². The number of rotatable bonds is 3. The molecule has 74 valence electrons. The molecule has 0 fully saturated rings. The van der Waals surface area contributed by atoms with Crippen LogP contribution in [0.5, 0.6) is 5.75 Å². The van der Waals surface area contributed by atoms with Crippen LogP contribution in [-0.4, -0.2) is 13.7 Å².